The fraction of sp³-hybridized carbons (Fsp3) is 0. The lowest BCUT2D eigenvalue weighted by Crippen LogP contribution is -1.75. The SMILES string of the molecule is Fc1cc(Cl)cc2[nH]ccc12. The van der Waals surface area contributed by atoms with Crippen molar-refractivity contribution in [1.82, 2.24) is 4.98 Å². The monoisotopic (exact) mass is 169 g/mol. The van der Waals surface area contributed by atoms with Crippen LogP contribution in [0, 0.1) is 5.82 Å². The Morgan fingerprint density at radius 3 is 3.00 bits per heavy atom. The average molecular weight is 170 g/mol. The molecule has 2 rings (SSSR count). The normalized spacial score (nSPS) is 10.7. The first-order chi connectivity index (χ1) is 5.27. The predicted molar refractivity (Wildman–Crippen MR) is 43.3 cm³/mol. The summed E-state index contributed by atoms with van der Waals surface area (Å²) in [6.07, 6.45) is 1.68. The maximum absolute atomic E-state index is 13.0. The minimum absolute atomic E-state index is 0.284. The number of fused-ring (bicyclic) bond motifs is 1. The van der Waals surface area contributed by atoms with Crippen molar-refractivity contribution in [3.05, 3.63) is 35.2 Å². The van der Waals surface area contributed by atoms with E-state index in [-0.39, 0.29) is 5.82 Å². The first kappa shape index (κ1) is 6.68. The largest absolute Gasteiger partial charge is 0.361 e. The van der Waals surface area contributed by atoms with E-state index in [1.54, 1.807) is 18.3 Å². The summed E-state index contributed by atoms with van der Waals surface area (Å²) in [6.45, 7) is 0. The molecule has 0 saturated heterocycles. The Hall–Kier alpha value is -1.02. The van der Waals surface area contributed by atoms with E-state index in [0.29, 0.717) is 10.4 Å². The molecular weight excluding hydrogens is 165 g/mol. The number of aromatic amines is 1. The summed E-state index contributed by atoms with van der Waals surface area (Å²) in [5.41, 5.74) is 0.731. The third-order valence-electron chi connectivity index (χ3n) is 1.58. The van der Waals surface area contributed by atoms with E-state index in [1.165, 1.54) is 6.07 Å². The van der Waals surface area contributed by atoms with Crippen LogP contribution in [0.15, 0.2) is 24.4 Å². The molecule has 0 unspecified atom stereocenters. The fourth-order valence-electron chi connectivity index (χ4n) is 1.09. The van der Waals surface area contributed by atoms with E-state index in [0.717, 1.165) is 5.52 Å². The van der Waals surface area contributed by atoms with Gasteiger partial charge in [-0.25, -0.2) is 4.39 Å². The van der Waals surface area contributed by atoms with Gasteiger partial charge in [0.15, 0.2) is 0 Å². The maximum Gasteiger partial charge on any atom is 0.134 e. The van der Waals surface area contributed by atoms with Crippen molar-refractivity contribution in [2.24, 2.45) is 0 Å². The summed E-state index contributed by atoms with van der Waals surface area (Å²) in [5, 5.41) is 0.992. The second kappa shape index (κ2) is 2.24. The van der Waals surface area contributed by atoms with Gasteiger partial charge in [-0.15, -0.1) is 0 Å². The zero-order valence-corrected chi connectivity index (χ0v) is 6.32. The van der Waals surface area contributed by atoms with Gasteiger partial charge in [0.2, 0.25) is 0 Å². The summed E-state index contributed by atoms with van der Waals surface area (Å²) in [7, 11) is 0. The topological polar surface area (TPSA) is 15.8 Å². The van der Waals surface area contributed by atoms with Crippen molar-refractivity contribution in [3.63, 3.8) is 0 Å². The summed E-state index contributed by atoms with van der Waals surface area (Å²) in [6, 6.07) is 4.68. The van der Waals surface area contributed by atoms with Crippen LogP contribution in [0.3, 0.4) is 0 Å². The molecule has 0 aliphatic carbocycles. The molecular formula is C8H5ClFN. The summed E-state index contributed by atoms with van der Waals surface area (Å²) in [4.78, 5) is 2.88. The number of nitrogens with one attached hydrogen (secondary N) is 1. The number of H-pyrrole nitrogens is 1. The van der Waals surface area contributed by atoms with Crippen LogP contribution in [0.25, 0.3) is 10.9 Å². The highest BCUT2D eigenvalue weighted by atomic mass is 35.5. The lowest BCUT2D eigenvalue weighted by molar-refractivity contribution is 0.640. The molecule has 56 valence electrons. The van der Waals surface area contributed by atoms with E-state index in [2.05, 4.69) is 4.98 Å². The molecule has 1 heterocycles. The summed E-state index contributed by atoms with van der Waals surface area (Å²) >= 11 is 5.62. The van der Waals surface area contributed by atoms with Crippen molar-refractivity contribution >= 4 is 22.5 Å². The summed E-state index contributed by atoms with van der Waals surface area (Å²) in [5.74, 6) is -0.284. The minimum Gasteiger partial charge on any atom is -0.361 e. The quantitative estimate of drug-likeness (QED) is 0.624. The molecule has 3 heteroatoms. The summed E-state index contributed by atoms with van der Waals surface area (Å²) < 4.78 is 13.0. The van der Waals surface area contributed by atoms with Crippen LogP contribution in [0.4, 0.5) is 4.39 Å². The van der Waals surface area contributed by atoms with Gasteiger partial charge in [0.25, 0.3) is 0 Å². The van der Waals surface area contributed by atoms with E-state index < -0.39 is 0 Å². The molecule has 0 radical (unpaired) electrons. The van der Waals surface area contributed by atoms with Gasteiger partial charge >= 0.3 is 0 Å². The predicted octanol–water partition coefficient (Wildman–Crippen LogP) is 2.96. The number of benzene rings is 1. The van der Waals surface area contributed by atoms with E-state index in [1.807, 2.05) is 0 Å². The second-order valence-electron chi connectivity index (χ2n) is 2.33. The molecule has 0 spiro atoms. The molecule has 0 amide bonds. The number of aromatic nitrogens is 1. The minimum atomic E-state index is -0.284. The maximum atomic E-state index is 13.0. The van der Waals surface area contributed by atoms with Crippen LogP contribution in [0.5, 0.6) is 0 Å². The number of rotatable bonds is 0. The molecule has 0 bridgehead atoms. The molecule has 2 aromatic rings. The molecule has 11 heavy (non-hydrogen) atoms. The Balaban J connectivity index is 2.91. The van der Waals surface area contributed by atoms with Crippen molar-refractivity contribution < 1.29 is 4.39 Å². The third-order valence-corrected chi connectivity index (χ3v) is 1.80. The van der Waals surface area contributed by atoms with Crippen molar-refractivity contribution in [3.8, 4) is 0 Å². The van der Waals surface area contributed by atoms with E-state index >= 15 is 0 Å². The Kier molecular flexibility index (Phi) is 1.36. The van der Waals surface area contributed by atoms with Crippen LogP contribution in [-0.4, -0.2) is 4.98 Å². The van der Waals surface area contributed by atoms with Gasteiger partial charge in [-0.2, -0.15) is 0 Å². The first-order valence-corrected chi connectivity index (χ1v) is 3.57. The third kappa shape index (κ3) is 0.994. The Morgan fingerprint density at radius 2 is 2.18 bits per heavy atom. The average Bonchev–Trinajstić information content (AvgIpc) is 2.34. The van der Waals surface area contributed by atoms with Gasteiger partial charge < -0.3 is 4.98 Å². The lowest BCUT2D eigenvalue weighted by Gasteiger charge is -1.92. The van der Waals surface area contributed by atoms with E-state index in [4.69, 9.17) is 11.6 Å². The Labute approximate surface area is 67.8 Å². The molecule has 0 atom stereocenters. The van der Waals surface area contributed by atoms with Gasteiger partial charge in [0, 0.05) is 22.1 Å². The molecule has 1 aromatic heterocycles. The molecule has 1 aromatic carbocycles. The number of hydrogen-bond acceptors (Lipinski definition) is 0. The van der Waals surface area contributed by atoms with E-state index in [9.17, 15) is 4.39 Å². The molecule has 0 fully saturated rings. The van der Waals surface area contributed by atoms with Crippen LogP contribution >= 0.6 is 11.6 Å². The second-order valence-corrected chi connectivity index (χ2v) is 2.76. The first-order valence-electron chi connectivity index (χ1n) is 3.19. The van der Waals surface area contributed by atoms with Gasteiger partial charge in [-0.3, -0.25) is 0 Å². The van der Waals surface area contributed by atoms with Crippen LogP contribution in [0.2, 0.25) is 5.02 Å². The highest BCUT2D eigenvalue weighted by molar-refractivity contribution is 6.31. The fourth-order valence-corrected chi connectivity index (χ4v) is 1.29. The van der Waals surface area contributed by atoms with Crippen molar-refractivity contribution in [2.75, 3.05) is 0 Å². The molecule has 1 nitrogen and oxygen atoms in total. The van der Waals surface area contributed by atoms with Crippen LogP contribution in [-0.2, 0) is 0 Å². The highest BCUT2D eigenvalue weighted by Gasteiger charge is 2.01. The highest BCUT2D eigenvalue weighted by Crippen LogP contribution is 2.21. The molecule has 0 aliphatic rings. The van der Waals surface area contributed by atoms with Crippen molar-refractivity contribution in [1.29, 1.82) is 0 Å². The Bertz CT molecular complexity index is 394. The zero-order valence-electron chi connectivity index (χ0n) is 5.57. The van der Waals surface area contributed by atoms with Gasteiger partial charge in [0.1, 0.15) is 5.82 Å². The van der Waals surface area contributed by atoms with Gasteiger partial charge in [0.05, 0.1) is 0 Å². The van der Waals surface area contributed by atoms with Crippen molar-refractivity contribution in [2.45, 2.75) is 0 Å². The smallest absolute Gasteiger partial charge is 0.134 e. The molecule has 1 N–H and O–H groups in total. The van der Waals surface area contributed by atoms with Gasteiger partial charge in [-0.05, 0) is 18.2 Å². The molecule has 0 aliphatic heterocycles. The zero-order chi connectivity index (χ0) is 7.84. The number of halogens is 2. The molecule has 0 saturated carbocycles. The lowest BCUT2D eigenvalue weighted by atomic mass is 10.2. The standard InChI is InChI=1S/C8H5ClFN/c9-5-3-7(10)6-1-2-11-8(6)4-5/h1-4,11H. The van der Waals surface area contributed by atoms with Crippen LogP contribution in [0.1, 0.15) is 0 Å². The number of hydrogen-bond donors (Lipinski definition) is 1. The van der Waals surface area contributed by atoms with Gasteiger partial charge in [-0.1, -0.05) is 11.6 Å². The Morgan fingerprint density at radius 1 is 1.36 bits per heavy atom. The van der Waals surface area contributed by atoms with Crippen LogP contribution < -0.4 is 0 Å².